The van der Waals surface area contributed by atoms with E-state index in [9.17, 15) is 8.42 Å². The first-order valence-electron chi connectivity index (χ1n) is 9.55. The molecular formula is C21H26N2O3S. The topological polar surface area (TPSA) is 58.6 Å². The minimum Gasteiger partial charge on any atom is -0.493 e. The average molecular weight is 387 g/mol. The standard InChI is InChI=1S/C21H26N2O3S/c1-16-3-2-4-17(13-16)15-23-10-7-19(8-11-23)22-27(24,25)20-5-6-21-18(14-20)9-12-26-21/h2-6,13-14,19,22H,7-12,15H2,1H3. The van der Waals surface area contributed by atoms with E-state index in [-0.39, 0.29) is 6.04 Å². The molecule has 0 radical (unpaired) electrons. The Balaban J connectivity index is 1.34. The molecule has 2 aliphatic heterocycles. The zero-order valence-electron chi connectivity index (χ0n) is 15.6. The number of nitrogens with zero attached hydrogens (tertiary/aromatic N) is 1. The monoisotopic (exact) mass is 386 g/mol. The van der Waals surface area contributed by atoms with Gasteiger partial charge in [-0.2, -0.15) is 0 Å². The predicted molar refractivity (Wildman–Crippen MR) is 105 cm³/mol. The molecule has 0 spiro atoms. The molecule has 0 saturated carbocycles. The third-order valence-corrected chi connectivity index (χ3v) is 6.89. The summed E-state index contributed by atoms with van der Waals surface area (Å²) in [4.78, 5) is 2.74. The van der Waals surface area contributed by atoms with Gasteiger partial charge in [-0.15, -0.1) is 0 Å². The Bertz CT molecular complexity index is 919. The van der Waals surface area contributed by atoms with Crippen LogP contribution in [0.2, 0.25) is 0 Å². The summed E-state index contributed by atoms with van der Waals surface area (Å²) in [5.74, 6) is 0.804. The van der Waals surface area contributed by atoms with Crippen LogP contribution in [-0.2, 0) is 23.0 Å². The molecule has 2 aliphatic rings. The van der Waals surface area contributed by atoms with Crippen LogP contribution in [-0.4, -0.2) is 39.1 Å². The van der Waals surface area contributed by atoms with E-state index in [1.54, 1.807) is 18.2 Å². The van der Waals surface area contributed by atoms with Gasteiger partial charge >= 0.3 is 0 Å². The molecule has 1 N–H and O–H groups in total. The minimum atomic E-state index is -3.49. The summed E-state index contributed by atoms with van der Waals surface area (Å²) in [5, 5.41) is 0. The summed E-state index contributed by atoms with van der Waals surface area (Å²) in [6.07, 6.45) is 2.44. The second-order valence-electron chi connectivity index (χ2n) is 7.53. The number of nitrogens with one attached hydrogen (secondary N) is 1. The Morgan fingerprint density at radius 2 is 1.96 bits per heavy atom. The molecule has 4 rings (SSSR count). The van der Waals surface area contributed by atoms with E-state index in [1.807, 2.05) is 0 Å². The van der Waals surface area contributed by atoms with Crippen molar-refractivity contribution in [2.24, 2.45) is 0 Å². The van der Waals surface area contributed by atoms with Crippen LogP contribution in [0.25, 0.3) is 0 Å². The molecule has 0 unspecified atom stereocenters. The molecule has 0 atom stereocenters. The van der Waals surface area contributed by atoms with Gasteiger partial charge in [0.1, 0.15) is 5.75 Å². The molecule has 5 nitrogen and oxygen atoms in total. The second kappa shape index (κ2) is 7.62. The molecule has 1 saturated heterocycles. The number of fused-ring (bicyclic) bond motifs is 1. The maximum Gasteiger partial charge on any atom is 0.240 e. The summed E-state index contributed by atoms with van der Waals surface area (Å²) < 4.78 is 33.9. The zero-order valence-corrected chi connectivity index (χ0v) is 16.5. The molecule has 144 valence electrons. The van der Waals surface area contributed by atoms with Gasteiger partial charge in [-0.05, 0) is 49.1 Å². The van der Waals surface area contributed by atoms with Crippen molar-refractivity contribution in [2.45, 2.75) is 43.7 Å². The Hall–Kier alpha value is -1.89. The predicted octanol–water partition coefficient (Wildman–Crippen LogP) is 2.87. The van der Waals surface area contributed by atoms with Crippen molar-refractivity contribution in [1.82, 2.24) is 9.62 Å². The number of aryl methyl sites for hydroxylation is 1. The number of ether oxygens (including phenoxy) is 1. The molecule has 0 aliphatic carbocycles. The number of piperidine rings is 1. The average Bonchev–Trinajstić information content (AvgIpc) is 3.11. The fourth-order valence-corrected chi connectivity index (χ4v) is 5.25. The van der Waals surface area contributed by atoms with E-state index in [1.165, 1.54) is 11.1 Å². The first kappa shape index (κ1) is 18.5. The fourth-order valence-electron chi connectivity index (χ4n) is 3.90. The van der Waals surface area contributed by atoms with Gasteiger partial charge < -0.3 is 4.74 Å². The van der Waals surface area contributed by atoms with Gasteiger partial charge in [0.25, 0.3) is 0 Å². The molecule has 0 bridgehead atoms. The Morgan fingerprint density at radius 1 is 1.15 bits per heavy atom. The van der Waals surface area contributed by atoms with Crippen molar-refractivity contribution in [3.63, 3.8) is 0 Å². The van der Waals surface area contributed by atoms with E-state index in [0.717, 1.165) is 50.2 Å². The first-order valence-corrected chi connectivity index (χ1v) is 11.0. The molecular weight excluding hydrogens is 360 g/mol. The molecule has 6 heteroatoms. The van der Waals surface area contributed by atoms with Gasteiger partial charge in [-0.25, -0.2) is 13.1 Å². The summed E-state index contributed by atoms with van der Waals surface area (Å²) >= 11 is 0. The maximum atomic E-state index is 12.7. The first-order chi connectivity index (χ1) is 13.0. The van der Waals surface area contributed by atoms with E-state index < -0.39 is 10.0 Å². The van der Waals surface area contributed by atoms with Crippen LogP contribution in [0.3, 0.4) is 0 Å². The quantitative estimate of drug-likeness (QED) is 0.858. The van der Waals surface area contributed by atoms with Gasteiger partial charge in [-0.1, -0.05) is 29.8 Å². The van der Waals surface area contributed by atoms with Crippen molar-refractivity contribution in [2.75, 3.05) is 19.7 Å². The molecule has 0 amide bonds. The number of sulfonamides is 1. The number of hydrogen-bond acceptors (Lipinski definition) is 4. The van der Waals surface area contributed by atoms with Gasteiger partial charge in [0.05, 0.1) is 11.5 Å². The number of rotatable bonds is 5. The van der Waals surface area contributed by atoms with E-state index >= 15 is 0 Å². The van der Waals surface area contributed by atoms with Crippen LogP contribution >= 0.6 is 0 Å². The summed E-state index contributed by atoms with van der Waals surface area (Å²) in [7, 11) is -3.49. The van der Waals surface area contributed by atoms with Gasteiger partial charge in [0, 0.05) is 32.1 Å². The molecule has 0 aromatic heterocycles. The van der Waals surface area contributed by atoms with Crippen molar-refractivity contribution in [3.8, 4) is 5.75 Å². The molecule has 2 aromatic carbocycles. The highest BCUT2D eigenvalue weighted by Gasteiger charge is 2.26. The Kier molecular flexibility index (Phi) is 5.21. The van der Waals surface area contributed by atoms with Crippen LogP contribution in [0.4, 0.5) is 0 Å². The molecule has 2 heterocycles. The van der Waals surface area contributed by atoms with Crippen LogP contribution < -0.4 is 9.46 Å². The zero-order chi connectivity index (χ0) is 18.9. The maximum absolute atomic E-state index is 12.7. The minimum absolute atomic E-state index is 0.00624. The largest absolute Gasteiger partial charge is 0.493 e. The number of benzene rings is 2. The third kappa shape index (κ3) is 4.34. The third-order valence-electron chi connectivity index (χ3n) is 5.37. The molecule has 1 fully saturated rings. The normalized spacial score (nSPS) is 18.3. The van der Waals surface area contributed by atoms with E-state index in [2.05, 4.69) is 40.8 Å². The van der Waals surface area contributed by atoms with Crippen molar-refractivity contribution < 1.29 is 13.2 Å². The SMILES string of the molecule is Cc1cccc(CN2CCC(NS(=O)(=O)c3ccc4c(c3)CCO4)CC2)c1. The van der Waals surface area contributed by atoms with Crippen molar-refractivity contribution in [3.05, 3.63) is 59.2 Å². The van der Waals surface area contributed by atoms with Crippen LogP contribution in [0.5, 0.6) is 5.75 Å². The summed E-state index contributed by atoms with van der Waals surface area (Å²) in [5.41, 5.74) is 3.56. The van der Waals surface area contributed by atoms with E-state index in [0.29, 0.717) is 11.5 Å². The van der Waals surface area contributed by atoms with Crippen LogP contribution in [0.1, 0.15) is 29.5 Å². The Morgan fingerprint density at radius 3 is 2.74 bits per heavy atom. The lowest BCUT2D eigenvalue weighted by atomic mass is 10.0. The summed E-state index contributed by atoms with van der Waals surface area (Å²) in [6.45, 7) is 5.46. The molecule has 2 aromatic rings. The highest BCUT2D eigenvalue weighted by molar-refractivity contribution is 7.89. The highest BCUT2D eigenvalue weighted by Crippen LogP contribution is 2.28. The lowest BCUT2D eigenvalue weighted by Crippen LogP contribution is -2.44. The fraction of sp³-hybridized carbons (Fsp3) is 0.429. The molecule has 27 heavy (non-hydrogen) atoms. The van der Waals surface area contributed by atoms with Crippen LogP contribution in [0.15, 0.2) is 47.4 Å². The summed E-state index contributed by atoms with van der Waals surface area (Å²) in [6, 6.07) is 13.7. The van der Waals surface area contributed by atoms with Crippen molar-refractivity contribution in [1.29, 1.82) is 0 Å². The van der Waals surface area contributed by atoms with Crippen LogP contribution in [0, 0.1) is 6.92 Å². The lowest BCUT2D eigenvalue weighted by molar-refractivity contribution is 0.200. The Labute approximate surface area is 161 Å². The van der Waals surface area contributed by atoms with Gasteiger partial charge in [-0.3, -0.25) is 4.90 Å². The van der Waals surface area contributed by atoms with E-state index in [4.69, 9.17) is 4.74 Å². The second-order valence-corrected chi connectivity index (χ2v) is 9.24. The highest BCUT2D eigenvalue weighted by atomic mass is 32.2. The van der Waals surface area contributed by atoms with Gasteiger partial charge in [0.15, 0.2) is 0 Å². The number of hydrogen-bond donors (Lipinski definition) is 1. The smallest absolute Gasteiger partial charge is 0.240 e. The van der Waals surface area contributed by atoms with Gasteiger partial charge in [0.2, 0.25) is 10.0 Å². The van der Waals surface area contributed by atoms with Crippen molar-refractivity contribution >= 4 is 10.0 Å². The number of likely N-dealkylation sites (tertiary alicyclic amines) is 1. The lowest BCUT2D eigenvalue weighted by Gasteiger charge is -2.32.